The van der Waals surface area contributed by atoms with Gasteiger partial charge in [0.1, 0.15) is 0 Å². The van der Waals surface area contributed by atoms with Crippen LogP contribution in [0.15, 0.2) is 30.3 Å². The summed E-state index contributed by atoms with van der Waals surface area (Å²) in [5.74, 6) is 0. The smallest absolute Gasteiger partial charge is 0.201 e. The van der Waals surface area contributed by atoms with Gasteiger partial charge in [-0.2, -0.15) is 0 Å². The molecule has 0 bridgehead atoms. The molecule has 0 unspecified atom stereocenters. The standard InChI is InChI=1S/C10H15ClOSi/c1-13(2,9-11)12-8-10-6-4-3-5-7-10/h3-7H,8-9H2,1-2H3. The molecule has 1 nitrogen and oxygen atoms in total. The molecule has 1 rings (SSSR count). The lowest BCUT2D eigenvalue weighted by Crippen LogP contribution is -2.32. The van der Waals surface area contributed by atoms with Crippen molar-refractivity contribution in [1.29, 1.82) is 0 Å². The monoisotopic (exact) mass is 214 g/mol. The maximum absolute atomic E-state index is 5.80. The minimum atomic E-state index is -1.59. The molecule has 0 aliphatic heterocycles. The Balaban J connectivity index is 2.44. The third-order valence-electron chi connectivity index (χ3n) is 1.79. The Morgan fingerprint density at radius 1 is 1.23 bits per heavy atom. The zero-order valence-corrected chi connectivity index (χ0v) is 9.84. The van der Waals surface area contributed by atoms with E-state index in [0.29, 0.717) is 12.1 Å². The Labute approximate surface area is 85.8 Å². The van der Waals surface area contributed by atoms with Gasteiger partial charge in [0.25, 0.3) is 0 Å². The van der Waals surface area contributed by atoms with Crippen LogP contribution < -0.4 is 0 Å². The average Bonchev–Trinajstić information content (AvgIpc) is 2.17. The molecule has 0 aliphatic carbocycles. The van der Waals surface area contributed by atoms with Crippen LogP contribution in [0, 0.1) is 0 Å². The van der Waals surface area contributed by atoms with Crippen LogP contribution in [0.3, 0.4) is 0 Å². The van der Waals surface area contributed by atoms with E-state index in [9.17, 15) is 0 Å². The lowest BCUT2D eigenvalue weighted by atomic mass is 10.2. The minimum Gasteiger partial charge on any atom is -0.412 e. The molecule has 0 atom stereocenters. The summed E-state index contributed by atoms with van der Waals surface area (Å²) >= 11 is 5.80. The van der Waals surface area contributed by atoms with Crippen molar-refractivity contribution < 1.29 is 4.43 Å². The zero-order valence-electron chi connectivity index (χ0n) is 8.09. The summed E-state index contributed by atoms with van der Waals surface area (Å²) in [6.07, 6.45) is 0. The SMILES string of the molecule is C[Si](C)(CCl)OCc1ccccc1. The molecule has 0 radical (unpaired) electrons. The first-order chi connectivity index (χ1) is 6.14. The Kier molecular flexibility index (Phi) is 3.97. The summed E-state index contributed by atoms with van der Waals surface area (Å²) in [7, 11) is -1.59. The fraction of sp³-hybridized carbons (Fsp3) is 0.400. The van der Waals surface area contributed by atoms with Crippen LogP contribution in [-0.2, 0) is 11.0 Å². The molecule has 0 saturated heterocycles. The van der Waals surface area contributed by atoms with Crippen LogP contribution in [0.2, 0.25) is 13.1 Å². The quantitative estimate of drug-likeness (QED) is 0.553. The van der Waals surface area contributed by atoms with Crippen molar-refractivity contribution in [3.63, 3.8) is 0 Å². The predicted octanol–water partition coefficient (Wildman–Crippen LogP) is 3.19. The summed E-state index contributed by atoms with van der Waals surface area (Å²) in [4.78, 5) is 0. The molecule has 0 N–H and O–H groups in total. The van der Waals surface area contributed by atoms with Gasteiger partial charge in [0, 0.05) is 5.50 Å². The highest BCUT2D eigenvalue weighted by Gasteiger charge is 2.20. The van der Waals surface area contributed by atoms with Crippen LogP contribution in [0.1, 0.15) is 5.56 Å². The van der Waals surface area contributed by atoms with E-state index in [-0.39, 0.29) is 0 Å². The van der Waals surface area contributed by atoms with Crippen molar-refractivity contribution in [3.05, 3.63) is 35.9 Å². The molecule has 1 aromatic carbocycles. The van der Waals surface area contributed by atoms with Crippen molar-refractivity contribution in [1.82, 2.24) is 0 Å². The third kappa shape index (κ3) is 3.94. The third-order valence-corrected chi connectivity index (χ3v) is 5.29. The fourth-order valence-electron chi connectivity index (χ4n) is 0.892. The summed E-state index contributed by atoms with van der Waals surface area (Å²) in [5.41, 5.74) is 1.87. The van der Waals surface area contributed by atoms with Gasteiger partial charge in [-0.1, -0.05) is 30.3 Å². The molecule has 0 fully saturated rings. The summed E-state index contributed by atoms with van der Waals surface area (Å²) in [5, 5.41) is 0. The fourth-order valence-corrected chi connectivity index (χ4v) is 1.76. The van der Waals surface area contributed by atoms with Gasteiger partial charge in [0.2, 0.25) is 8.32 Å². The van der Waals surface area contributed by atoms with Gasteiger partial charge in [-0.3, -0.25) is 0 Å². The first kappa shape index (κ1) is 10.8. The molecule has 0 spiro atoms. The van der Waals surface area contributed by atoms with E-state index in [1.807, 2.05) is 18.2 Å². The summed E-state index contributed by atoms with van der Waals surface area (Å²) in [6.45, 7) is 4.94. The summed E-state index contributed by atoms with van der Waals surface area (Å²) < 4.78 is 5.77. The van der Waals surface area contributed by atoms with E-state index >= 15 is 0 Å². The first-order valence-corrected chi connectivity index (χ1v) is 8.03. The van der Waals surface area contributed by atoms with E-state index in [1.54, 1.807) is 0 Å². The van der Waals surface area contributed by atoms with Crippen LogP contribution in [0.5, 0.6) is 0 Å². The lowest BCUT2D eigenvalue weighted by molar-refractivity contribution is 0.298. The maximum Gasteiger partial charge on any atom is 0.201 e. The van der Waals surface area contributed by atoms with Crippen molar-refractivity contribution in [2.24, 2.45) is 0 Å². The Morgan fingerprint density at radius 2 is 1.85 bits per heavy atom. The molecule has 13 heavy (non-hydrogen) atoms. The molecule has 0 amide bonds. The number of benzene rings is 1. The van der Waals surface area contributed by atoms with E-state index in [1.165, 1.54) is 5.56 Å². The van der Waals surface area contributed by atoms with Gasteiger partial charge < -0.3 is 4.43 Å². The zero-order chi connectivity index (χ0) is 9.73. The van der Waals surface area contributed by atoms with Gasteiger partial charge in [-0.15, -0.1) is 11.6 Å². The van der Waals surface area contributed by atoms with E-state index < -0.39 is 8.32 Å². The largest absolute Gasteiger partial charge is 0.412 e. The number of alkyl halides is 1. The van der Waals surface area contributed by atoms with Gasteiger partial charge >= 0.3 is 0 Å². The molecule has 0 aromatic heterocycles. The highest BCUT2D eigenvalue weighted by atomic mass is 35.5. The van der Waals surface area contributed by atoms with E-state index in [0.717, 1.165) is 0 Å². The number of halogens is 1. The highest BCUT2D eigenvalue weighted by molar-refractivity contribution is 6.77. The molecular formula is C10H15ClOSi. The predicted molar refractivity (Wildman–Crippen MR) is 59.4 cm³/mol. The highest BCUT2D eigenvalue weighted by Crippen LogP contribution is 2.10. The molecule has 0 aliphatic rings. The Morgan fingerprint density at radius 3 is 2.38 bits per heavy atom. The van der Waals surface area contributed by atoms with Gasteiger partial charge in [-0.05, 0) is 18.7 Å². The number of hydrogen-bond acceptors (Lipinski definition) is 1. The lowest BCUT2D eigenvalue weighted by Gasteiger charge is -2.19. The normalized spacial score (nSPS) is 11.6. The maximum atomic E-state index is 5.80. The molecule has 72 valence electrons. The summed E-state index contributed by atoms with van der Waals surface area (Å²) in [6, 6.07) is 10.2. The van der Waals surface area contributed by atoms with E-state index in [4.69, 9.17) is 16.0 Å². The van der Waals surface area contributed by atoms with Gasteiger partial charge in [-0.25, -0.2) is 0 Å². The minimum absolute atomic E-state index is 0.653. The van der Waals surface area contributed by atoms with Crippen LogP contribution in [0.25, 0.3) is 0 Å². The average molecular weight is 215 g/mol. The molecule has 1 aromatic rings. The second-order valence-electron chi connectivity index (χ2n) is 3.67. The van der Waals surface area contributed by atoms with Crippen molar-refractivity contribution >= 4 is 19.9 Å². The number of rotatable bonds is 4. The van der Waals surface area contributed by atoms with Gasteiger partial charge in [0.05, 0.1) is 6.61 Å². The van der Waals surface area contributed by atoms with Crippen molar-refractivity contribution in [2.45, 2.75) is 19.7 Å². The van der Waals surface area contributed by atoms with Crippen LogP contribution in [0.4, 0.5) is 0 Å². The van der Waals surface area contributed by atoms with Crippen molar-refractivity contribution in [2.75, 3.05) is 5.50 Å². The molecule has 0 saturated carbocycles. The Hall–Kier alpha value is -0.313. The number of hydrogen-bond donors (Lipinski definition) is 0. The van der Waals surface area contributed by atoms with Crippen LogP contribution >= 0.6 is 11.6 Å². The first-order valence-electron chi connectivity index (χ1n) is 4.38. The molecule has 3 heteroatoms. The van der Waals surface area contributed by atoms with Crippen LogP contribution in [-0.4, -0.2) is 13.8 Å². The topological polar surface area (TPSA) is 9.23 Å². The van der Waals surface area contributed by atoms with Gasteiger partial charge in [0.15, 0.2) is 0 Å². The second kappa shape index (κ2) is 4.79. The molecule has 0 heterocycles. The van der Waals surface area contributed by atoms with E-state index in [2.05, 4.69) is 25.2 Å². The molecular weight excluding hydrogens is 200 g/mol. The van der Waals surface area contributed by atoms with Crippen molar-refractivity contribution in [3.8, 4) is 0 Å². The second-order valence-corrected chi connectivity index (χ2v) is 8.54. The Bertz CT molecular complexity index is 248.